The summed E-state index contributed by atoms with van der Waals surface area (Å²) < 4.78 is 1.98. The van der Waals surface area contributed by atoms with Gasteiger partial charge in [-0.25, -0.2) is 4.98 Å². The maximum Gasteiger partial charge on any atom is 0.0931 e. The molecule has 0 saturated carbocycles. The Morgan fingerprint density at radius 1 is 1.45 bits per heavy atom. The number of rotatable bonds is 8. The smallest absolute Gasteiger partial charge is 0.0931 e. The molecule has 20 heavy (non-hydrogen) atoms. The van der Waals surface area contributed by atoms with E-state index in [9.17, 15) is 0 Å². The van der Waals surface area contributed by atoms with Crippen molar-refractivity contribution in [2.45, 2.75) is 59.2 Å². The van der Waals surface area contributed by atoms with Crippen molar-refractivity contribution >= 4 is 11.3 Å². The molecule has 0 radical (unpaired) electrons. The van der Waals surface area contributed by atoms with E-state index in [-0.39, 0.29) is 0 Å². The normalized spacial score (nSPS) is 12.8. The molecule has 1 atom stereocenters. The second-order valence-electron chi connectivity index (χ2n) is 5.21. The van der Waals surface area contributed by atoms with Crippen LogP contribution < -0.4 is 5.32 Å². The van der Waals surface area contributed by atoms with Crippen LogP contribution in [0.3, 0.4) is 0 Å². The number of nitrogens with zero attached hydrogens (tertiary/aromatic N) is 3. The van der Waals surface area contributed by atoms with Crippen LogP contribution >= 0.6 is 11.3 Å². The Labute approximate surface area is 125 Å². The molecule has 0 aliphatic rings. The van der Waals surface area contributed by atoms with Crippen LogP contribution in [0.5, 0.6) is 0 Å². The molecular weight excluding hydrogens is 268 g/mol. The molecule has 0 amide bonds. The maximum atomic E-state index is 4.63. The lowest BCUT2D eigenvalue weighted by Gasteiger charge is -2.13. The Balaban J connectivity index is 1.76. The van der Waals surface area contributed by atoms with Crippen molar-refractivity contribution in [3.8, 4) is 0 Å². The molecule has 2 aromatic rings. The van der Waals surface area contributed by atoms with Crippen molar-refractivity contribution in [2.24, 2.45) is 0 Å². The van der Waals surface area contributed by atoms with E-state index < -0.39 is 0 Å². The van der Waals surface area contributed by atoms with Crippen LogP contribution in [0.25, 0.3) is 0 Å². The second-order valence-corrected chi connectivity index (χ2v) is 6.37. The fourth-order valence-electron chi connectivity index (χ4n) is 2.10. The third kappa shape index (κ3) is 4.42. The van der Waals surface area contributed by atoms with E-state index in [1.807, 2.05) is 34.5 Å². The molecule has 2 aromatic heterocycles. The summed E-state index contributed by atoms with van der Waals surface area (Å²) in [6, 6.07) is 2.45. The minimum absolute atomic E-state index is 0.482. The Morgan fingerprint density at radius 2 is 2.30 bits per heavy atom. The quantitative estimate of drug-likeness (QED) is 0.812. The van der Waals surface area contributed by atoms with Crippen molar-refractivity contribution in [3.05, 3.63) is 34.0 Å². The van der Waals surface area contributed by atoms with Crippen LogP contribution in [0.2, 0.25) is 0 Å². The predicted molar refractivity (Wildman–Crippen MR) is 84.0 cm³/mol. The summed E-state index contributed by atoms with van der Waals surface area (Å²) in [5.74, 6) is 0. The zero-order chi connectivity index (χ0) is 14.4. The van der Waals surface area contributed by atoms with Crippen LogP contribution in [0.4, 0.5) is 0 Å². The zero-order valence-corrected chi connectivity index (χ0v) is 13.4. The van der Waals surface area contributed by atoms with E-state index >= 15 is 0 Å². The Morgan fingerprint density at radius 3 is 3.00 bits per heavy atom. The van der Waals surface area contributed by atoms with Gasteiger partial charge in [0.05, 0.1) is 10.7 Å². The summed E-state index contributed by atoms with van der Waals surface area (Å²) in [7, 11) is 0. The Hall–Kier alpha value is -1.20. The van der Waals surface area contributed by atoms with E-state index in [1.165, 1.54) is 22.0 Å². The lowest BCUT2D eigenvalue weighted by Crippen LogP contribution is -2.26. The molecule has 0 aliphatic carbocycles. The minimum Gasteiger partial charge on any atom is -0.309 e. The average Bonchev–Trinajstić information content (AvgIpc) is 3.04. The highest BCUT2D eigenvalue weighted by Gasteiger charge is 2.08. The Kier molecular flexibility index (Phi) is 5.73. The molecule has 1 unspecified atom stereocenters. The monoisotopic (exact) mass is 292 g/mol. The first-order chi connectivity index (χ1) is 9.69. The highest BCUT2D eigenvalue weighted by atomic mass is 32.1. The topological polar surface area (TPSA) is 42.7 Å². The minimum atomic E-state index is 0.482. The third-order valence-corrected chi connectivity index (χ3v) is 4.58. The maximum absolute atomic E-state index is 4.63. The van der Waals surface area contributed by atoms with Gasteiger partial charge in [-0.2, -0.15) is 5.10 Å². The zero-order valence-electron chi connectivity index (χ0n) is 12.6. The number of hydrogen-bond acceptors (Lipinski definition) is 4. The number of thiazole rings is 1. The predicted octanol–water partition coefficient (Wildman–Crippen LogP) is 3.17. The van der Waals surface area contributed by atoms with Gasteiger partial charge < -0.3 is 5.32 Å². The standard InChI is InChI=1S/C15H24N4S/c1-4-6-15-18-13(3)14(20-15)11-16-12(2)7-10-19-9-5-8-17-19/h5,8-9,12,16H,4,6-7,10-11H2,1-3H3. The first-order valence-corrected chi connectivity index (χ1v) is 8.16. The van der Waals surface area contributed by atoms with Crippen LogP contribution in [-0.4, -0.2) is 20.8 Å². The molecular formula is C15H24N4S. The molecule has 0 fully saturated rings. The number of aromatic nitrogens is 3. The molecule has 0 bridgehead atoms. The van der Waals surface area contributed by atoms with Gasteiger partial charge in [-0.05, 0) is 39.2 Å². The van der Waals surface area contributed by atoms with Crippen LogP contribution in [-0.2, 0) is 19.5 Å². The molecule has 0 aromatic carbocycles. The van der Waals surface area contributed by atoms with Gasteiger partial charge >= 0.3 is 0 Å². The molecule has 4 nitrogen and oxygen atoms in total. The van der Waals surface area contributed by atoms with Gasteiger partial charge in [-0.1, -0.05) is 6.92 Å². The van der Waals surface area contributed by atoms with Crippen molar-refractivity contribution in [2.75, 3.05) is 0 Å². The third-order valence-electron chi connectivity index (χ3n) is 3.36. The van der Waals surface area contributed by atoms with E-state index in [1.54, 1.807) is 0 Å². The van der Waals surface area contributed by atoms with E-state index in [0.717, 1.165) is 25.9 Å². The molecule has 0 saturated heterocycles. The van der Waals surface area contributed by atoms with Crippen LogP contribution in [0.15, 0.2) is 18.5 Å². The number of nitrogens with one attached hydrogen (secondary N) is 1. The Bertz CT molecular complexity index is 504. The summed E-state index contributed by atoms with van der Waals surface area (Å²) in [5, 5.41) is 9.08. The summed E-state index contributed by atoms with van der Waals surface area (Å²) in [4.78, 5) is 6.00. The van der Waals surface area contributed by atoms with E-state index in [2.05, 4.69) is 36.2 Å². The van der Waals surface area contributed by atoms with Gasteiger partial charge in [0.2, 0.25) is 0 Å². The number of aryl methyl sites for hydroxylation is 3. The van der Waals surface area contributed by atoms with Crippen molar-refractivity contribution in [1.29, 1.82) is 0 Å². The summed E-state index contributed by atoms with van der Waals surface area (Å²) in [6.45, 7) is 8.43. The van der Waals surface area contributed by atoms with Crippen LogP contribution in [0, 0.1) is 6.92 Å². The van der Waals surface area contributed by atoms with Crippen LogP contribution in [0.1, 0.15) is 42.3 Å². The largest absolute Gasteiger partial charge is 0.309 e. The summed E-state index contributed by atoms with van der Waals surface area (Å²) in [5.41, 5.74) is 1.19. The lowest BCUT2D eigenvalue weighted by atomic mass is 10.2. The first-order valence-electron chi connectivity index (χ1n) is 7.35. The second kappa shape index (κ2) is 7.55. The molecule has 110 valence electrons. The molecule has 1 N–H and O–H groups in total. The highest BCUT2D eigenvalue weighted by molar-refractivity contribution is 7.11. The van der Waals surface area contributed by atoms with Gasteiger partial charge in [0.15, 0.2) is 0 Å². The molecule has 0 spiro atoms. The molecule has 0 aliphatic heterocycles. The number of hydrogen-bond donors (Lipinski definition) is 1. The van der Waals surface area contributed by atoms with Gasteiger partial charge in [-0.15, -0.1) is 11.3 Å². The SMILES string of the molecule is CCCc1nc(C)c(CNC(C)CCn2cccn2)s1. The summed E-state index contributed by atoms with van der Waals surface area (Å²) in [6.07, 6.45) is 7.19. The van der Waals surface area contributed by atoms with Crippen molar-refractivity contribution in [3.63, 3.8) is 0 Å². The fraction of sp³-hybridized carbons (Fsp3) is 0.600. The van der Waals surface area contributed by atoms with E-state index in [4.69, 9.17) is 0 Å². The summed E-state index contributed by atoms with van der Waals surface area (Å²) >= 11 is 1.85. The van der Waals surface area contributed by atoms with Gasteiger partial charge in [-0.3, -0.25) is 4.68 Å². The molecule has 2 rings (SSSR count). The molecule has 5 heteroatoms. The fourth-order valence-corrected chi connectivity index (χ4v) is 3.22. The van der Waals surface area contributed by atoms with Gasteiger partial charge in [0, 0.05) is 36.4 Å². The molecule has 2 heterocycles. The average molecular weight is 292 g/mol. The van der Waals surface area contributed by atoms with Crippen molar-refractivity contribution < 1.29 is 0 Å². The lowest BCUT2D eigenvalue weighted by molar-refractivity contribution is 0.459. The van der Waals surface area contributed by atoms with Crippen molar-refractivity contribution in [1.82, 2.24) is 20.1 Å². The van der Waals surface area contributed by atoms with Gasteiger partial charge in [0.1, 0.15) is 0 Å². The van der Waals surface area contributed by atoms with Gasteiger partial charge in [0.25, 0.3) is 0 Å². The van der Waals surface area contributed by atoms with E-state index in [0.29, 0.717) is 6.04 Å². The first kappa shape index (κ1) is 15.2. The highest BCUT2D eigenvalue weighted by Crippen LogP contribution is 2.19.